The topological polar surface area (TPSA) is 132 Å². The normalized spacial score (nSPS) is 11.6. The summed E-state index contributed by atoms with van der Waals surface area (Å²) in [5.41, 5.74) is 0.162. The molecule has 3 amide bonds. The Bertz CT molecular complexity index is 748. The Balaban J connectivity index is 2.22. The van der Waals surface area contributed by atoms with Crippen LogP contribution in [0.5, 0.6) is 0 Å². The number of hydrogen-bond donors (Lipinski definition) is 3. The molecule has 10 heteroatoms. The van der Waals surface area contributed by atoms with Crippen LogP contribution in [0.4, 0.5) is 9.59 Å². The molecule has 1 aromatic carbocycles. The number of ether oxygens (including phenoxy) is 3. The van der Waals surface area contributed by atoms with Crippen molar-refractivity contribution in [2.24, 2.45) is 0 Å². The van der Waals surface area contributed by atoms with Crippen molar-refractivity contribution in [1.82, 2.24) is 16.0 Å². The molecule has 0 aliphatic carbocycles. The van der Waals surface area contributed by atoms with E-state index < -0.39 is 29.8 Å². The van der Waals surface area contributed by atoms with Gasteiger partial charge in [-0.05, 0) is 45.6 Å². The standard InChI is InChI=1S/C22H33N3O7/c1-22(2,3)32-21(29)25-17(19(27)30-4)12-8-9-13-23-18(26)14-24-20(28)31-15-16-10-6-5-7-11-16/h5-7,10-11,17H,8-9,12-15H2,1-4H3,(H,23,26)(H,24,28)(H,25,29)/t17-/m0/s1. The van der Waals surface area contributed by atoms with Gasteiger partial charge < -0.3 is 30.2 Å². The second-order valence-corrected chi connectivity index (χ2v) is 7.98. The molecule has 32 heavy (non-hydrogen) atoms. The predicted molar refractivity (Wildman–Crippen MR) is 117 cm³/mol. The maximum Gasteiger partial charge on any atom is 0.408 e. The van der Waals surface area contributed by atoms with Crippen LogP contribution in [0.15, 0.2) is 30.3 Å². The van der Waals surface area contributed by atoms with Crippen molar-refractivity contribution in [3.8, 4) is 0 Å². The van der Waals surface area contributed by atoms with Gasteiger partial charge in [0.25, 0.3) is 0 Å². The van der Waals surface area contributed by atoms with Gasteiger partial charge in [-0.15, -0.1) is 0 Å². The van der Waals surface area contributed by atoms with Crippen LogP contribution in [0, 0.1) is 0 Å². The molecule has 1 aromatic rings. The van der Waals surface area contributed by atoms with Gasteiger partial charge in [0, 0.05) is 6.54 Å². The number of alkyl carbamates (subject to hydrolysis) is 2. The van der Waals surface area contributed by atoms with E-state index in [-0.39, 0.29) is 19.1 Å². The first kappa shape index (κ1) is 26.7. The lowest BCUT2D eigenvalue weighted by atomic mass is 10.1. The molecular weight excluding hydrogens is 418 g/mol. The molecule has 0 fully saturated rings. The first-order chi connectivity index (χ1) is 15.1. The average molecular weight is 452 g/mol. The Hall–Kier alpha value is -3.30. The van der Waals surface area contributed by atoms with E-state index in [0.717, 1.165) is 5.56 Å². The Kier molecular flexibility index (Phi) is 11.6. The number of unbranched alkanes of at least 4 members (excludes halogenated alkanes) is 1. The molecule has 0 aliphatic rings. The molecule has 0 unspecified atom stereocenters. The first-order valence-electron chi connectivity index (χ1n) is 10.4. The van der Waals surface area contributed by atoms with Crippen molar-refractivity contribution in [3.63, 3.8) is 0 Å². The highest BCUT2D eigenvalue weighted by Gasteiger charge is 2.24. The monoisotopic (exact) mass is 451 g/mol. The van der Waals surface area contributed by atoms with E-state index in [0.29, 0.717) is 25.8 Å². The van der Waals surface area contributed by atoms with Crippen LogP contribution in [0.2, 0.25) is 0 Å². The number of benzene rings is 1. The highest BCUT2D eigenvalue weighted by molar-refractivity contribution is 5.82. The molecular formula is C22H33N3O7. The largest absolute Gasteiger partial charge is 0.467 e. The third-order valence-electron chi connectivity index (χ3n) is 4.02. The fraction of sp³-hybridized carbons (Fsp3) is 0.545. The van der Waals surface area contributed by atoms with Crippen LogP contribution in [0.3, 0.4) is 0 Å². The van der Waals surface area contributed by atoms with Crippen LogP contribution >= 0.6 is 0 Å². The Morgan fingerprint density at radius 3 is 2.28 bits per heavy atom. The maximum absolute atomic E-state index is 11.9. The number of carbonyl (C=O) groups is 4. The zero-order valence-electron chi connectivity index (χ0n) is 19.1. The van der Waals surface area contributed by atoms with Crippen LogP contribution in [0.1, 0.15) is 45.6 Å². The molecule has 10 nitrogen and oxygen atoms in total. The van der Waals surface area contributed by atoms with E-state index in [4.69, 9.17) is 14.2 Å². The summed E-state index contributed by atoms with van der Waals surface area (Å²) >= 11 is 0. The fourth-order valence-corrected chi connectivity index (χ4v) is 2.53. The molecule has 0 heterocycles. The molecule has 0 saturated carbocycles. The molecule has 3 N–H and O–H groups in total. The van der Waals surface area contributed by atoms with E-state index in [1.54, 1.807) is 20.8 Å². The van der Waals surface area contributed by atoms with E-state index in [9.17, 15) is 19.2 Å². The Morgan fingerprint density at radius 2 is 1.66 bits per heavy atom. The Labute approximate surface area is 188 Å². The van der Waals surface area contributed by atoms with Crippen molar-refractivity contribution < 1.29 is 33.4 Å². The van der Waals surface area contributed by atoms with Crippen molar-refractivity contribution in [3.05, 3.63) is 35.9 Å². The summed E-state index contributed by atoms with van der Waals surface area (Å²) < 4.78 is 14.9. The van der Waals surface area contributed by atoms with Gasteiger partial charge in [0.15, 0.2) is 0 Å². The van der Waals surface area contributed by atoms with Crippen molar-refractivity contribution >= 4 is 24.1 Å². The van der Waals surface area contributed by atoms with E-state index in [1.807, 2.05) is 30.3 Å². The van der Waals surface area contributed by atoms with Gasteiger partial charge in [-0.3, -0.25) is 4.79 Å². The van der Waals surface area contributed by atoms with Gasteiger partial charge >= 0.3 is 18.2 Å². The van der Waals surface area contributed by atoms with E-state index >= 15 is 0 Å². The molecule has 0 bridgehead atoms. The van der Waals surface area contributed by atoms with Crippen molar-refractivity contribution in [1.29, 1.82) is 0 Å². The van der Waals surface area contributed by atoms with E-state index in [2.05, 4.69) is 16.0 Å². The van der Waals surface area contributed by atoms with Crippen molar-refractivity contribution in [2.45, 2.75) is 58.3 Å². The van der Waals surface area contributed by atoms with Gasteiger partial charge in [-0.2, -0.15) is 0 Å². The third-order valence-corrected chi connectivity index (χ3v) is 4.02. The minimum Gasteiger partial charge on any atom is -0.467 e. The number of carbonyl (C=O) groups excluding carboxylic acids is 4. The molecule has 0 aromatic heterocycles. The lowest BCUT2D eigenvalue weighted by molar-refractivity contribution is -0.143. The maximum atomic E-state index is 11.9. The highest BCUT2D eigenvalue weighted by Crippen LogP contribution is 2.09. The number of esters is 1. The van der Waals surface area contributed by atoms with Gasteiger partial charge in [-0.25, -0.2) is 14.4 Å². The predicted octanol–water partition coefficient (Wildman–Crippen LogP) is 2.27. The molecule has 1 rings (SSSR count). The van der Waals surface area contributed by atoms with Crippen molar-refractivity contribution in [2.75, 3.05) is 20.2 Å². The molecule has 1 atom stereocenters. The number of hydrogen-bond acceptors (Lipinski definition) is 7. The quantitative estimate of drug-likeness (QED) is 0.267. The summed E-state index contributed by atoms with van der Waals surface area (Å²) in [6.45, 7) is 5.42. The number of methoxy groups -OCH3 is 1. The van der Waals surface area contributed by atoms with Gasteiger partial charge in [0.2, 0.25) is 5.91 Å². The molecule has 0 aliphatic heterocycles. The molecule has 0 radical (unpaired) electrons. The summed E-state index contributed by atoms with van der Waals surface area (Å²) in [5.74, 6) is -0.934. The summed E-state index contributed by atoms with van der Waals surface area (Å²) in [6, 6.07) is 8.35. The highest BCUT2D eigenvalue weighted by atomic mass is 16.6. The van der Waals surface area contributed by atoms with Crippen LogP contribution in [-0.4, -0.2) is 55.9 Å². The lowest BCUT2D eigenvalue weighted by Gasteiger charge is -2.22. The molecule has 178 valence electrons. The van der Waals surface area contributed by atoms with Gasteiger partial charge in [0.1, 0.15) is 18.2 Å². The van der Waals surface area contributed by atoms with Crippen LogP contribution in [-0.2, 0) is 30.4 Å². The minimum absolute atomic E-state index is 0.118. The second-order valence-electron chi connectivity index (χ2n) is 7.98. The van der Waals surface area contributed by atoms with Crippen LogP contribution in [0.25, 0.3) is 0 Å². The average Bonchev–Trinajstić information content (AvgIpc) is 2.74. The summed E-state index contributed by atoms with van der Waals surface area (Å²) in [6.07, 6.45) is 0.0478. The lowest BCUT2D eigenvalue weighted by Crippen LogP contribution is -2.44. The van der Waals surface area contributed by atoms with E-state index in [1.165, 1.54) is 7.11 Å². The summed E-state index contributed by atoms with van der Waals surface area (Å²) in [7, 11) is 1.24. The number of amides is 3. The smallest absolute Gasteiger partial charge is 0.408 e. The minimum atomic E-state index is -0.841. The number of rotatable bonds is 11. The SMILES string of the molecule is COC(=O)[C@H](CCCCNC(=O)CNC(=O)OCc1ccccc1)NC(=O)OC(C)(C)C. The second kappa shape index (κ2) is 13.9. The fourth-order valence-electron chi connectivity index (χ4n) is 2.53. The summed E-state index contributed by atoms with van der Waals surface area (Å²) in [5, 5.41) is 7.54. The van der Waals surface area contributed by atoms with Gasteiger partial charge in [0.05, 0.1) is 13.7 Å². The van der Waals surface area contributed by atoms with Gasteiger partial charge in [-0.1, -0.05) is 30.3 Å². The molecule has 0 spiro atoms. The summed E-state index contributed by atoms with van der Waals surface area (Å²) in [4.78, 5) is 47.2. The first-order valence-corrected chi connectivity index (χ1v) is 10.4. The third kappa shape index (κ3) is 12.4. The Morgan fingerprint density at radius 1 is 0.969 bits per heavy atom. The molecule has 0 saturated heterocycles. The number of nitrogens with one attached hydrogen (secondary N) is 3. The zero-order chi connectivity index (χ0) is 24.0. The van der Waals surface area contributed by atoms with Crippen LogP contribution < -0.4 is 16.0 Å². The zero-order valence-corrected chi connectivity index (χ0v) is 19.1.